The summed E-state index contributed by atoms with van der Waals surface area (Å²) in [5.41, 5.74) is 15.1. The summed E-state index contributed by atoms with van der Waals surface area (Å²) in [4.78, 5) is 4.67. The lowest BCUT2D eigenvalue weighted by atomic mass is 9.94. The van der Waals surface area contributed by atoms with Gasteiger partial charge in [-0.3, -0.25) is 0 Å². The number of hydrogen-bond acceptors (Lipinski definition) is 3. The zero-order chi connectivity index (χ0) is 40.5. The van der Waals surface area contributed by atoms with Crippen LogP contribution in [0.4, 0.5) is 34.1 Å². The predicted molar refractivity (Wildman–Crippen MR) is 257 cm³/mol. The van der Waals surface area contributed by atoms with Gasteiger partial charge in [-0.1, -0.05) is 164 Å². The number of para-hydroxylation sites is 4. The van der Waals surface area contributed by atoms with Crippen LogP contribution in [0, 0.1) is 0 Å². The normalized spacial score (nSPS) is 11.3. The van der Waals surface area contributed by atoms with E-state index in [2.05, 4.69) is 240 Å². The van der Waals surface area contributed by atoms with Crippen LogP contribution in [0.2, 0.25) is 0 Å². The van der Waals surface area contributed by atoms with E-state index in [-0.39, 0.29) is 0 Å². The third-order valence-electron chi connectivity index (χ3n) is 11.6. The van der Waals surface area contributed by atoms with Crippen LogP contribution < -0.4 is 9.80 Å². The minimum absolute atomic E-state index is 0.866. The van der Waals surface area contributed by atoms with Gasteiger partial charge in [0.1, 0.15) is 5.58 Å². The van der Waals surface area contributed by atoms with Crippen LogP contribution in [-0.4, -0.2) is 0 Å². The first-order valence-corrected chi connectivity index (χ1v) is 20.7. The standard InChI is InChI=1S/C58H40N2O/c1-4-15-41(16-5-1)43-29-34-50(35-30-43)59(48-19-6-2-7-20-48)55-38-33-46(40-54(55)47-28-27-42-17-10-11-18-45(42)39-47)44-31-36-51(37-32-44)60(49-21-8-3-9-22-49)56-25-14-24-53-52-23-12-13-26-57(52)61-58(53)56/h1-40H. The lowest BCUT2D eigenvalue weighted by Gasteiger charge is -2.29. The lowest BCUT2D eigenvalue weighted by molar-refractivity contribution is 0.669. The van der Waals surface area contributed by atoms with Crippen molar-refractivity contribution in [2.45, 2.75) is 0 Å². The van der Waals surface area contributed by atoms with Crippen LogP contribution in [0.1, 0.15) is 0 Å². The molecule has 0 aliphatic carbocycles. The van der Waals surface area contributed by atoms with E-state index in [0.29, 0.717) is 0 Å². The van der Waals surface area contributed by atoms with Crippen LogP contribution >= 0.6 is 0 Å². The van der Waals surface area contributed by atoms with Crippen molar-refractivity contribution >= 4 is 66.8 Å². The van der Waals surface area contributed by atoms with Gasteiger partial charge < -0.3 is 14.2 Å². The first kappa shape index (κ1) is 36.0. The van der Waals surface area contributed by atoms with E-state index in [0.717, 1.165) is 78.3 Å². The highest BCUT2D eigenvalue weighted by molar-refractivity contribution is 6.10. The van der Waals surface area contributed by atoms with Gasteiger partial charge in [0, 0.05) is 39.1 Å². The molecule has 0 saturated heterocycles. The molecule has 10 aromatic carbocycles. The van der Waals surface area contributed by atoms with Crippen LogP contribution in [0.15, 0.2) is 247 Å². The molecule has 11 aromatic rings. The maximum atomic E-state index is 6.56. The molecule has 0 unspecified atom stereocenters. The average Bonchev–Trinajstić information content (AvgIpc) is 3.73. The molecule has 0 atom stereocenters. The Labute approximate surface area is 355 Å². The van der Waals surface area contributed by atoms with Crippen molar-refractivity contribution < 1.29 is 4.42 Å². The number of nitrogens with zero attached hydrogens (tertiary/aromatic N) is 2. The summed E-state index contributed by atoms with van der Waals surface area (Å²) in [5, 5.41) is 4.64. The van der Waals surface area contributed by atoms with E-state index in [9.17, 15) is 0 Å². The Kier molecular flexibility index (Phi) is 9.18. The first-order chi connectivity index (χ1) is 30.2. The number of benzene rings is 10. The van der Waals surface area contributed by atoms with E-state index >= 15 is 0 Å². The number of fused-ring (bicyclic) bond motifs is 4. The Balaban J connectivity index is 1.04. The SMILES string of the molecule is c1ccc(-c2ccc(N(c3ccccc3)c3ccc(-c4ccc(N(c5ccccc5)c5cccc6c5oc5ccccc56)cc4)cc3-c3ccc4ccccc4c3)cc2)cc1. The van der Waals surface area contributed by atoms with Crippen LogP contribution in [0.25, 0.3) is 66.1 Å². The molecule has 0 N–H and O–H groups in total. The van der Waals surface area contributed by atoms with Gasteiger partial charge in [0.15, 0.2) is 5.58 Å². The molecule has 0 spiro atoms. The van der Waals surface area contributed by atoms with Gasteiger partial charge in [-0.15, -0.1) is 0 Å². The van der Waals surface area contributed by atoms with Crippen LogP contribution in [0.5, 0.6) is 0 Å². The largest absolute Gasteiger partial charge is 0.454 e. The van der Waals surface area contributed by atoms with Crippen molar-refractivity contribution in [2.24, 2.45) is 0 Å². The highest BCUT2D eigenvalue weighted by atomic mass is 16.3. The molecule has 1 heterocycles. The van der Waals surface area contributed by atoms with Gasteiger partial charge >= 0.3 is 0 Å². The number of anilines is 6. The van der Waals surface area contributed by atoms with Gasteiger partial charge in [0.05, 0.1) is 11.4 Å². The zero-order valence-electron chi connectivity index (χ0n) is 33.4. The molecule has 3 nitrogen and oxygen atoms in total. The van der Waals surface area contributed by atoms with Gasteiger partial charge in [0.25, 0.3) is 0 Å². The molecule has 288 valence electrons. The fourth-order valence-corrected chi connectivity index (χ4v) is 8.65. The molecule has 1 aromatic heterocycles. The van der Waals surface area contributed by atoms with Crippen molar-refractivity contribution in [3.63, 3.8) is 0 Å². The Hall–Kier alpha value is -8.14. The second kappa shape index (κ2) is 15.6. The van der Waals surface area contributed by atoms with E-state index in [1.165, 1.54) is 21.9 Å². The topological polar surface area (TPSA) is 19.6 Å². The van der Waals surface area contributed by atoms with Gasteiger partial charge in [-0.05, 0) is 117 Å². The second-order valence-corrected chi connectivity index (χ2v) is 15.3. The zero-order valence-corrected chi connectivity index (χ0v) is 33.4. The quantitative estimate of drug-likeness (QED) is 0.145. The third-order valence-corrected chi connectivity index (χ3v) is 11.6. The van der Waals surface area contributed by atoms with Crippen LogP contribution in [0.3, 0.4) is 0 Å². The molecule has 0 saturated carbocycles. The Morgan fingerprint density at radius 1 is 0.279 bits per heavy atom. The molecular formula is C58H40N2O. The third kappa shape index (κ3) is 6.78. The first-order valence-electron chi connectivity index (χ1n) is 20.7. The fourth-order valence-electron chi connectivity index (χ4n) is 8.65. The lowest BCUT2D eigenvalue weighted by Crippen LogP contribution is -2.11. The number of rotatable bonds is 9. The maximum absolute atomic E-state index is 6.56. The summed E-state index contributed by atoms with van der Waals surface area (Å²) in [6, 6.07) is 86.6. The smallest absolute Gasteiger partial charge is 0.159 e. The minimum Gasteiger partial charge on any atom is -0.454 e. The molecule has 0 bridgehead atoms. The van der Waals surface area contributed by atoms with Crippen molar-refractivity contribution in [2.75, 3.05) is 9.80 Å². The maximum Gasteiger partial charge on any atom is 0.159 e. The molecule has 61 heavy (non-hydrogen) atoms. The second-order valence-electron chi connectivity index (χ2n) is 15.3. The van der Waals surface area contributed by atoms with E-state index in [1.807, 2.05) is 12.1 Å². The molecule has 0 amide bonds. The van der Waals surface area contributed by atoms with Crippen LogP contribution in [-0.2, 0) is 0 Å². The molecule has 0 radical (unpaired) electrons. The van der Waals surface area contributed by atoms with E-state index in [4.69, 9.17) is 4.42 Å². The summed E-state index contributed by atoms with van der Waals surface area (Å²) in [5.74, 6) is 0. The van der Waals surface area contributed by atoms with Gasteiger partial charge in [-0.2, -0.15) is 0 Å². The Morgan fingerprint density at radius 3 is 1.46 bits per heavy atom. The predicted octanol–water partition coefficient (Wildman–Crippen LogP) is 16.7. The van der Waals surface area contributed by atoms with E-state index in [1.54, 1.807) is 0 Å². The highest BCUT2D eigenvalue weighted by Gasteiger charge is 2.21. The average molecular weight is 781 g/mol. The van der Waals surface area contributed by atoms with Gasteiger partial charge in [-0.25, -0.2) is 0 Å². The summed E-state index contributed by atoms with van der Waals surface area (Å²) in [6.07, 6.45) is 0. The molecule has 0 aliphatic rings. The Morgan fingerprint density at radius 2 is 0.770 bits per heavy atom. The number of furan rings is 1. The van der Waals surface area contributed by atoms with Crippen molar-refractivity contribution in [3.05, 3.63) is 243 Å². The van der Waals surface area contributed by atoms with Gasteiger partial charge in [0.2, 0.25) is 0 Å². The summed E-state index contributed by atoms with van der Waals surface area (Å²) in [6.45, 7) is 0. The molecular weight excluding hydrogens is 741 g/mol. The summed E-state index contributed by atoms with van der Waals surface area (Å²) < 4.78 is 6.56. The Bertz CT molecular complexity index is 3280. The fraction of sp³-hybridized carbons (Fsp3) is 0. The monoisotopic (exact) mass is 780 g/mol. The minimum atomic E-state index is 0.866. The summed E-state index contributed by atoms with van der Waals surface area (Å²) >= 11 is 0. The highest BCUT2D eigenvalue weighted by Crippen LogP contribution is 2.45. The van der Waals surface area contributed by atoms with E-state index < -0.39 is 0 Å². The van der Waals surface area contributed by atoms with Crippen molar-refractivity contribution in [1.82, 2.24) is 0 Å². The van der Waals surface area contributed by atoms with Crippen molar-refractivity contribution in [3.8, 4) is 33.4 Å². The molecule has 3 heteroatoms. The molecule has 0 fully saturated rings. The molecule has 11 rings (SSSR count). The van der Waals surface area contributed by atoms with Crippen molar-refractivity contribution in [1.29, 1.82) is 0 Å². The number of hydrogen-bond donors (Lipinski definition) is 0. The summed E-state index contributed by atoms with van der Waals surface area (Å²) in [7, 11) is 0. The molecule has 0 aliphatic heterocycles.